The number of hydrogen-bond acceptors (Lipinski definition) is 2. The first-order valence-corrected chi connectivity index (χ1v) is 9.86. The monoisotopic (exact) mass is 365 g/mol. The van der Waals surface area contributed by atoms with E-state index in [0.29, 0.717) is 12.1 Å². The number of likely N-dealkylation sites (tertiary alicyclic amines) is 1. The fourth-order valence-electron chi connectivity index (χ4n) is 4.36. The Labute approximate surface area is 160 Å². The number of aryl methyl sites for hydroxylation is 1. The maximum absolute atomic E-state index is 13.2. The smallest absolute Gasteiger partial charge is 0.253 e. The van der Waals surface area contributed by atoms with Crippen LogP contribution in [0.5, 0.6) is 0 Å². The third-order valence-corrected chi connectivity index (χ3v) is 5.98. The van der Waals surface area contributed by atoms with Crippen LogP contribution in [-0.2, 0) is 11.3 Å². The zero-order valence-electron chi connectivity index (χ0n) is 16.1. The topological polar surface area (TPSA) is 45.6 Å². The molecule has 2 aliphatic rings. The highest BCUT2D eigenvalue weighted by atomic mass is 16.2. The fourth-order valence-corrected chi connectivity index (χ4v) is 4.36. The van der Waals surface area contributed by atoms with Crippen molar-refractivity contribution in [1.29, 1.82) is 0 Å². The number of rotatable bonds is 2. The molecule has 0 radical (unpaired) electrons. The van der Waals surface area contributed by atoms with Crippen molar-refractivity contribution in [2.24, 2.45) is 5.92 Å². The lowest BCUT2D eigenvalue weighted by atomic mass is 9.94. The summed E-state index contributed by atoms with van der Waals surface area (Å²) in [6.45, 7) is 6.95. The molecule has 0 N–H and O–H groups in total. The van der Waals surface area contributed by atoms with E-state index in [4.69, 9.17) is 0 Å². The Morgan fingerprint density at radius 2 is 1.81 bits per heavy atom. The third-order valence-electron chi connectivity index (χ3n) is 5.98. The van der Waals surface area contributed by atoms with Crippen LogP contribution < -0.4 is 0 Å². The Morgan fingerprint density at radius 1 is 1.04 bits per heavy atom. The quantitative estimate of drug-likeness (QED) is 0.820. The lowest BCUT2D eigenvalue weighted by Gasteiger charge is -2.39. The molecule has 2 unspecified atom stereocenters. The predicted molar refractivity (Wildman–Crippen MR) is 104 cm³/mol. The number of fused-ring (bicyclic) bond motifs is 1. The second-order valence-electron chi connectivity index (χ2n) is 7.79. The Bertz CT molecular complexity index is 839. The van der Waals surface area contributed by atoms with Crippen molar-refractivity contribution in [3.8, 4) is 0 Å². The van der Waals surface area contributed by atoms with Gasteiger partial charge in [0, 0.05) is 43.6 Å². The molecule has 1 aromatic heterocycles. The molecule has 142 valence electrons. The average molecular weight is 365 g/mol. The van der Waals surface area contributed by atoms with Gasteiger partial charge in [-0.15, -0.1) is 0 Å². The molecule has 1 aromatic carbocycles. The van der Waals surface area contributed by atoms with Crippen molar-refractivity contribution in [2.45, 2.75) is 39.3 Å². The standard InChI is InChI=1S/C22H27N3O2/c1-16-7-9-18(10-8-16)21(26)24-12-3-5-19(15-24)22(27)25-14-13-23-11-4-6-20(23)17(25)2/h4,6-11,17,19H,3,5,12-15H2,1-2H3. The summed E-state index contributed by atoms with van der Waals surface area (Å²) in [5.41, 5.74) is 3.04. The highest BCUT2D eigenvalue weighted by molar-refractivity contribution is 5.94. The minimum Gasteiger partial charge on any atom is -0.348 e. The van der Waals surface area contributed by atoms with Gasteiger partial charge in [-0.1, -0.05) is 17.7 Å². The van der Waals surface area contributed by atoms with Crippen molar-refractivity contribution in [3.63, 3.8) is 0 Å². The molecular weight excluding hydrogens is 338 g/mol. The zero-order chi connectivity index (χ0) is 19.0. The summed E-state index contributed by atoms with van der Waals surface area (Å²) in [5.74, 6) is 0.126. The molecule has 5 heteroatoms. The van der Waals surface area contributed by atoms with Crippen LogP contribution in [-0.4, -0.2) is 45.8 Å². The maximum Gasteiger partial charge on any atom is 0.253 e. The van der Waals surface area contributed by atoms with E-state index in [2.05, 4.69) is 23.8 Å². The first-order valence-electron chi connectivity index (χ1n) is 9.86. The molecule has 0 bridgehead atoms. The molecule has 2 aliphatic heterocycles. The molecule has 2 atom stereocenters. The van der Waals surface area contributed by atoms with Gasteiger partial charge < -0.3 is 14.4 Å². The molecule has 2 amide bonds. The van der Waals surface area contributed by atoms with Crippen molar-refractivity contribution >= 4 is 11.8 Å². The molecule has 4 rings (SSSR count). The van der Waals surface area contributed by atoms with Crippen LogP contribution in [0.3, 0.4) is 0 Å². The molecule has 0 aliphatic carbocycles. The van der Waals surface area contributed by atoms with Gasteiger partial charge in [0.05, 0.1) is 12.0 Å². The third kappa shape index (κ3) is 3.38. The molecule has 3 heterocycles. The Balaban J connectivity index is 1.46. The van der Waals surface area contributed by atoms with Crippen LogP contribution in [0.2, 0.25) is 0 Å². The van der Waals surface area contributed by atoms with Gasteiger partial charge in [0.2, 0.25) is 5.91 Å². The number of amides is 2. The number of hydrogen-bond donors (Lipinski definition) is 0. The van der Waals surface area contributed by atoms with Crippen LogP contribution in [0.1, 0.15) is 47.4 Å². The summed E-state index contributed by atoms with van der Waals surface area (Å²) in [6.07, 6.45) is 3.82. The number of nitrogens with zero attached hydrogens (tertiary/aromatic N) is 3. The van der Waals surface area contributed by atoms with E-state index < -0.39 is 0 Å². The lowest BCUT2D eigenvalue weighted by Crippen LogP contribution is -2.49. The predicted octanol–water partition coefficient (Wildman–Crippen LogP) is 3.25. The van der Waals surface area contributed by atoms with Gasteiger partial charge in [-0.25, -0.2) is 0 Å². The summed E-state index contributed by atoms with van der Waals surface area (Å²) < 4.78 is 2.22. The van der Waals surface area contributed by atoms with E-state index in [9.17, 15) is 9.59 Å². The van der Waals surface area contributed by atoms with E-state index in [1.54, 1.807) is 0 Å². The molecule has 5 nitrogen and oxygen atoms in total. The lowest BCUT2D eigenvalue weighted by molar-refractivity contribution is -0.140. The molecule has 2 aromatic rings. The van der Waals surface area contributed by atoms with E-state index in [0.717, 1.165) is 38.0 Å². The van der Waals surface area contributed by atoms with Crippen LogP contribution in [0, 0.1) is 12.8 Å². The normalized spacial score (nSPS) is 22.4. The Hall–Kier alpha value is -2.56. The molecule has 0 spiro atoms. The van der Waals surface area contributed by atoms with Crippen molar-refractivity contribution in [3.05, 3.63) is 59.4 Å². The number of piperidine rings is 1. The summed E-state index contributed by atoms with van der Waals surface area (Å²) in [5, 5.41) is 0. The number of aromatic nitrogens is 1. The number of carbonyl (C=O) groups excluding carboxylic acids is 2. The van der Waals surface area contributed by atoms with Gasteiger partial charge in [-0.2, -0.15) is 0 Å². The highest BCUT2D eigenvalue weighted by Gasteiger charge is 2.35. The van der Waals surface area contributed by atoms with Crippen LogP contribution in [0.4, 0.5) is 0 Å². The van der Waals surface area contributed by atoms with Gasteiger partial charge in [0.15, 0.2) is 0 Å². The van der Waals surface area contributed by atoms with Gasteiger partial charge >= 0.3 is 0 Å². The zero-order valence-corrected chi connectivity index (χ0v) is 16.1. The van der Waals surface area contributed by atoms with Crippen molar-refractivity contribution < 1.29 is 9.59 Å². The molecule has 0 saturated carbocycles. The SMILES string of the molecule is Cc1ccc(C(=O)N2CCCC(C(=O)N3CCn4cccc4C3C)C2)cc1. The van der Waals surface area contributed by atoms with E-state index in [1.807, 2.05) is 47.1 Å². The van der Waals surface area contributed by atoms with Crippen molar-refractivity contribution in [2.75, 3.05) is 19.6 Å². The first-order chi connectivity index (χ1) is 13.0. The van der Waals surface area contributed by atoms with E-state index >= 15 is 0 Å². The van der Waals surface area contributed by atoms with Crippen LogP contribution in [0.15, 0.2) is 42.6 Å². The average Bonchev–Trinajstić information content (AvgIpc) is 3.18. The second kappa shape index (κ2) is 7.22. The molecule has 27 heavy (non-hydrogen) atoms. The molecule has 1 saturated heterocycles. The number of carbonyl (C=O) groups is 2. The van der Waals surface area contributed by atoms with Gasteiger partial charge in [-0.05, 0) is 51.0 Å². The Kier molecular flexibility index (Phi) is 4.77. The van der Waals surface area contributed by atoms with Gasteiger partial charge in [0.25, 0.3) is 5.91 Å². The Morgan fingerprint density at radius 3 is 2.59 bits per heavy atom. The summed E-state index contributed by atoms with van der Waals surface area (Å²) in [4.78, 5) is 29.9. The largest absolute Gasteiger partial charge is 0.348 e. The van der Waals surface area contributed by atoms with Crippen molar-refractivity contribution in [1.82, 2.24) is 14.4 Å². The van der Waals surface area contributed by atoms with Crippen LogP contribution in [0.25, 0.3) is 0 Å². The first kappa shape index (κ1) is 17.8. The number of benzene rings is 1. The second-order valence-corrected chi connectivity index (χ2v) is 7.79. The maximum atomic E-state index is 13.2. The summed E-state index contributed by atoms with van der Waals surface area (Å²) in [7, 11) is 0. The van der Waals surface area contributed by atoms with E-state index in [-0.39, 0.29) is 23.8 Å². The minimum atomic E-state index is -0.0999. The fraction of sp³-hybridized carbons (Fsp3) is 0.455. The molecular formula is C22H27N3O2. The highest BCUT2D eigenvalue weighted by Crippen LogP contribution is 2.29. The van der Waals surface area contributed by atoms with E-state index in [1.165, 1.54) is 5.69 Å². The minimum absolute atomic E-state index is 0.0352. The van der Waals surface area contributed by atoms with Crippen LogP contribution >= 0.6 is 0 Å². The molecule has 1 fully saturated rings. The summed E-state index contributed by atoms with van der Waals surface area (Å²) >= 11 is 0. The summed E-state index contributed by atoms with van der Waals surface area (Å²) in [6, 6.07) is 11.9. The van der Waals surface area contributed by atoms with Gasteiger partial charge in [0.1, 0.15) is 0 Å². The van der Waals surface area contributed by atoms with Gasteiger partial charge in [-0.3, -0.25) is 9.59 Å².